The van der Waals surface area contributed by atoms with Crippen molar-refractivity contribution in [3.05, 3.63) is 52.8 Å². The standard InChI is InChI=1S/C14H13ClN2O/c1-9-6-10-4-2-3-5-13(10)17(9)14(18)12-7-11(15)8-16-12/h2-5,7-9,16H,6H2,1H3. The summed E-state index contributed by atoms with van der Waals surface area (Å²) in [5.74, 6) is -0.0284. The topological polar surface area (TPSA) is 36.1 Å². The summed E-state index contributed by atoms with van der Waals surface area (Å²) in [5, 5.41) is 0.554. The van der Waals surface area contributed by atoms with Crippen LogP contribution in [0.5, 0.6) is 0 Å². The van der Waals surface area contributed by atoms with Crippen LogP contribution >= 0.6 is 11.6 Å². The van der Waals surface area contributed by atoms with Gasteiger partial charge in [-0.05, 0) is 31.0 Å². The number of carbonyl (C=O) groups is 1. The van der Waals surface area contributed by atoms with Crippen LogP contribution in [0.15, 0.2) is 36.5 Å². The third-order valence-electron chi connectivity index (χ3n) is 3.30. The number of hydrogen-bond acceptors (Lipinski definition) is 1. The quantitative estimate of drug-likeness (QED) is 0.839. The molecule has 1 amide bonds. The highest BCUT2D eigenvalue weighted by molar-refractivity contribution is 6.31. The Hall–Kier alpha value is -1.74. The molecule has 1 aliphatic heterocycles. The van der Waals surface area contributed by atoms with Gasteiger partial charge in [0.1, 0.15) is 5.69 Å². The van der Waals surface area contributed by atoms with Crippen molar-refractivity contribution in [2.45, 2.75) is 19.4 Å². The van der Waals surface area contributed by atoms with Crippen LogP contribution in [0.3, 0.4) is 0 Å². The molecule has 0 spiro atoms. The molecule has 1 aliphatic rings. The molecule has 2 aromatic rings. The van der Waals surface area contributed by atoms with Crippen LogP contribution in [-0.2, 0) is 6.42 Å². The lowest BCUT2D eigenvalue weighted by Crippen LogP contribution is -2.35. The van der Waals surface area contributed by atoms with Gasteiger partial charge < -0.3 is 9.88 Å². The van der Waals surface area contributed by atoms with Gasteiger partial charge in [-0.1, -0.05) is 29.8 Å². The first-order chi connectivity index (χ1) is 8.66. The van der Waals surface area contributed by atoms with Crippen molar-refractivity contribution in [2.75, 3.05) is 4.90 Å². The molecular formula is C14H13ClN2O. The minimum atomic E-state index is -0.0284. The van der Waals surface area contributed by atoms with E-state index in [0.717, 1.165) is 12.1 Å². The van der Waals surface area contributed by atoms with Crippen LogP contribution in [0.4, 0.5) is 5.69 Å². The first kappa shape index (κ1) is 11.4. The number of anilines is 1. The number of para-hydroxylation sites is 1. The molecule has 2 heterocycles. The summed E-state index contributed by atoms with van der Waals surface area (Å²) in [6, 6.07) is 9.86. The predicted molar refractivity (Wildman–Crippen MR) is 72.2 cm³/mol. The molecular weight excluding hydrogens is 248 g/mol. The molecule has 0 radical (unpaired) electrons. The van der Waals surface area contributed by atoms with Gasteiger partial charge in [-0.25, -0.2) is 0 Å². The average molecular weight is 261 g/mol. The molecule has 0 saturated carbocycles. The highest BCUT2D eigenvalue weighted by Gasteiger charge is 2.31. The summed E-state index contributed by atoms with van der Waals surface area (Å²) in [4.78, 5) is 17.2. The number of aromatic amines is 1. The Balaban J connectivity index is 2.00. The fraction of sp³-hybridized carbons (Fsp3) is 0.214. The normalized spacial score (nSPS) is 17.9. The minimum absolute atomic E-state index is 0.0284. The van der Waals surface area contributed by atoms with Crippen LogP contribution in [0.25, 0.3) is 0 Å². The minimum Gasteiger partial charge on any atom is -0.356 e. The SMILES string of the molecule is CC1Cc2ccccc2N1C(=O)c1cc(Cl)c[nH]1. The molecule has 0 saturated heterocycles. The van der Waals surface area contributed by atoms with Crippen molar-refractivity contribution >= 4 is 23.2 Å². The van der Waals surface area contributed by atoms with Gasteiger partial charge in [-0.3, -0.25) is 4.79 Å². The average Bonchev–Trinajstić information content (AvgIpc) is 2.91. The zero-order valence-electron chi connectivity index (χ0n) is 9.98. The number of H-pyrrole nitrogens is 1. The molecule has 92 valence electrons. The highest BCUT2D eigenvalue weighted by Crippen LogP contribution is 2.33. The van der Waals surface area contributed by atoms with Gasteiger partial charge in [0.05, 0.1) is 5.02 Å². The maximum atomic E-state index is 12.5. The van der Waals surface area contributed by atoms with Crippen LogP contribution in [-0.4, -0.2) is 16.9 Å². The third kappa shape index (κ3) is 1.71. The van der Waals surface area contributed by atoms with Gasteiger partial charge in [-0.15, -0.1) is 0 Å². The van der Waals surface area contributed by atoms with Gasteiger partial charge in [0, 0.05) is 17.9 Å². The van der Waals surface area contributed by atoms with Gasteiger partial charge >= 0.3 is 0 Å². The van der Waals surface area contributed by atoms with E-state index < -0.39 is 0 Å². The number of fused-ring (bicyclic) bond motifs is 1. The zero-order valence-corrected chi connectivity index (χ0v) is 10.7. The summed E-state index contributed by atoms with van der Waals surface area (Å²) in [6.07, 6.45) is 2.53. The summed E-state index contributed by atoms with van der Waals surface area (Å²) < 4.78 is 0. The van der Waals surface area contributed by atoms with Crippen molar-refractivity contribution in [3.8, 4) is 0 Å². The van der Waals surface area contributed by atoms with E-state index in [9.17, 15) is 4.79 Å². The van der Waals surface area contributed by atoms with E-state index in [2.05, 4.69) is 18.0 Å². The summed E-state index contributed by atoms with van der Waals surface area (Å²) >= 11 is 5.85. The Morgan fingerprint density at radius 3 is 2.94 bits per heavy atom. The van der Waals surface area contributed by atoms with E-state index in [4.69, 9.17) is 11.6 Å². The van der Waals surface area contributed by atoms with Crippen molar-refractivity contribution < 1.29 is 4.79 Å². The molecule has 18 heavy (non-hydrogen) atoms. The molecule has 4 heteroatoms. The number of nitrogens with zero attached hydrogens (tertiary/aromatic N) is 1. The van der Waals surface area contributed by atoms with Crippen LogP contribution in [0, 0.1) is 0 Å². The van der Waals surface area contributed by atoms with E-state index in [1.54, 1.807) is 12.3 Å². The number of carbonyl (C=O) groups excluding carboxylic acids is 1. The number of benzene rings is 1. The molecule has 1 aromatic heterocycles. The lowest BCUT2D eigenvalue weighted by molar-refractivity contribution is 0.0977. The smallest absolute Gasteiger partial charge is 0.274 e. The van der Waals surface area contributed by atoms with Crippen molar-refractivity contribution in [1.82, 2.24) is 4.98 Å². The maximum Gasteiger partial charge on any atom is 0.274 e. The van der Waals surface area contributed by atoms with Gasteiger partial charge in [0.2, 0.25) is 0 Å². The van der Waals surface area contributed by atoms with Crippen LogP contribution in [0.2, 0.25) is 5.02 Å². The Labute approximate surface area is 110 Å². The molecule has 1 aromatic carbocycles. The van der Waals surface area contributed by atoms with E-state index in [1.165, 1.54) is 5.56 Å². The molecule has 3 nitrogen and oxygen atoms in total. The summed E-state index contributed by atoms with van der Waals surface area (Å²) in [6.45, 7) is 2.06. The molecule has 3 rings (SSSR count). The van der Waals surface area contributed by atoms with E-state index in [-0.39, 0.29) is 11.9 Å². The lowest BCUT2D eigenvalue weighted by atomic mass is 10.1. The number of nitrogens with one attached hydrogen (secondary N) is 1. The van der Waals surface area contributed by atoms with Gasteiger partial charge in [0.15, 0.2) is 0 Å². The number of halogens is 1. The van der Waals surface area contributed by atoms with Crippen molar-refractivity contribution in [2.24, 2.45) is 0 Å². The Morgan fingerprint density at radius 2 is 2.22 bits per heavy atom. The van der Waals surface area contributed by atoms with E-state index in [0.29, 0.717) is 10.7 Å². The Bertz CT molecular complexity index is 605. The Morgan fingerprint density at radius 1 is 1.44 bits per heavy atom. The molecule has 1 atom stereocenters. The maximum absolute atomic E-state index is 12.5. The van der Waals surface area contributed by atoms with Crippen LogP contribution < -0.4 is 4.90 Å². The number of rotatable bonds is 1. The molecule has 0 aliphatic carbocycles. The molecule has 1 unspecified atom stereocenters. The number of amides is 1. The molecule has 0 fully saturated rings. The monoisotopic (exact) mass is 260 g/mol. The number of hydrogen-bond donors (Lipinski definition) is 1. The van der Waals surface area contributed by atoms with Crippen molar-refractivity contribution in [3.63, 3.8) is 0 Å². The zero-order chi connectivity index (χ0) is 12.7. The van der Waals surface area contributed by atoms with Gasteiger partial charge in [-0.2, -0.15) is 0 Å². The van der Waals surface area contributed by atoms with E-state index >= 15 is 0 Å². The first-order valence-corrected chi connectivity index (χ1v) is 6.30. The Kier molecular flexibility index (Phi) is 2.63. The second-order valence-corrected chi connectivity index (χ2v) is 5.03. The fourth-order valence-electron chi connectivity index (χ4n) is 2.50. The van der Waals surface area contributed by atoms with Crippen molar-refractivity contribution in [1.29, 1.82) is 0 Å². The van der Waals surface area contributed by atoms with E-state index in [1.807, 2.05) is 23.1 Å². The molecule has 0 bridgehead atoms. The second-order valence-electron chi connectivity index (χ2n) is 4.59. The van der Waals surface area contributed by atoms with Gasteiger partial charge in [0.25, 0.3) is 5.91 Å². The summed E-state index contributed by atoms with van der Waals surface area (Å²) in [7, 11) is 0. The molecule has 1 N–H and O–H groups in total. The largest absolute Gasteiger partial charge is 0.356 e. The summed E-state index contributed by atoms with van der Waals surface area (Å²) in [5.41, 5.74) is 2.75. The highest BCUT2D eigenvalue weighted by atomic mass is 35.5. The van der Waals surface area contributed by atoms with Crippen LogP contribution in [0.1, 0.15) is 23.0 Å². The second kappa shape index (κ2) is 4.18. The predicted octanol–water partition coefficient (Wildman–Crippen LogP) is 3.26. The fourth-order valence-corrected chi connectivity index (χ4v) is 2.66. The first-order valence-electron chi connectivity index (χ1n) is 5.92. The number of aromatic nitrogens is 1. The lowest BCUT2D eigenvalue weighted by Gasteiger charge is -2.21. The third-order valence-corrected chi connectivity index (χ3v) is 3.52.